The predicted octanol–water partition coefficient (Wildman–Crippen LogP) is 3.24. The molecule has 1 heterocycles. The van der Waals surface area contributed by atoms with Crippen LogP contribution in [0, 0.1) is 13.8 Å². The zero-order chi connectivity index (χ0) is 18.7. The molecule has 1 aliphatic rings. The molecule has 0 bridgehead atoms. The topological polar surface area (TPSA) is 58.6 Å². The van der Waals surface area contributed by atoms with E-state index in [1.807, 2.05) is 63.2 Å². The van der Waals surface area contributed by atoms with Gasteiger partial charge in [0.1, 0.15) is 5.75 Å². The smallest absolute Gasteiger partial charge is 0.251 e. The first kappa shape index (κ1) is 18.0. The molecule has 1 saturated heterocycles. The summed E-state index contributed by atoms with van der Waals surface area (Å²) >= 11 is 0. The van der Waals surface area contributed by atoms with Crippen molar-refractivity contribution in [2.24, 2.45) is 0 Å². The number of amides is 2. The largest absolute Gasteiger partial charge is 0.494 e. The van der Waals surface area contributed by atoms with Gasteiger partial charge in [-0.3, -0.25) is 9.59 Å². The summed E-state index contributed by atoms with van der Waals surface area (Å²) in [6.07, 6.45) is 0.309. The van der Waals surface area contributed by atoms with Gasteiger partial charge in [-0.15, -0.1) is 0 Å². The zero-order valence-electron chi connectivity index (χ0n) is 15.4. The van der Waals surface area contributed by atoms with Crippen LogP contribution in [-0.2, 0) is 4.79 Å². The molecule has 2 amide bonds. The molecule has 0 saturated carbocycles. The van der Waals surface area contributed by atoms with Crippen molar-refractivity contribution in [2.45, 2.75) is 33.2 Å². The molecule has 5 heteroatoms. The number of hydrogen-bond donors (Lipinski definition) is 1. The second kappa shape index (κ2) is 7.60. The molecule has 2 aromatic rings. The number of rotatable bonds is 5. The van der Waals surface area contributed by atoms with E-state index < -0.39 is 0 Å². The van der Waals surface area contributed by atoms with Crippen molar-refractivity contribution < 1.29 is 14.3 Å². The van der Waals surface area contributed by atoms with E-state index in [0.29, 0.717) is 25.1 Å². The standard InChI is InChI=1S/C21H24N2O3/c1-4-26-19-9-7-18(8-10-19)23-13-17(12-20(23)24)22-21(25)16-6-5-14(2)15(3)11-16/h5-11,17H,4,12-13H2,1-3H3,(H,22,25)/t17-/m1/s1. The third-order valence-electron chi connectivity index (χ3n) is 4.69. The molecular weight excluding hydrogens is 328 g/mol. The highest BCUT2D eigenvalue weighted by atomic mass is 16.5. The maximum atomic E-state index is 12.5. The van der Waals surface area contributed by atoms with Crippen LogP contribution in [-0.4, -0.2) is 31.0 Å². The summed E-state index contributed by atoms with van der Waals surface area (Å²) in [5.74, 6) is 0.654. The first-order valence-electron chi connectivity index (χ1n) is 8.89. The molecule has 0 unspecified atom stereocenters. The van der Waals surface area contributed by atoms with Gasteiger partial charge < -0.3 is 15.0 Å². The van der Waals surface area contributed by atoms with Gasteiger partial charge in [0.25, 0.3) is 5.91 Å². The highest BCUT2D eigenvalue weighted by Gasteiger charge is 2.31. The van der Waals surface area contributed by atoms with Crippen LogP contribution in [0.3, 0.4) is 0 Å². The molecule has 5 nitrogen and oxygen atoms in total. The quantitative estimate of drug-likeness (QED) is 0.899. The second-order valence-corrected chi connectivity index (χ2v) is 6.60. The highest BCUT2D eigenvalue weighted by Crippen LogP contribution is 2.24. The molecule has 0 spiro atoms. The lowest BCUT2D eigenvalue weighted by atomic mass is 10.1. The summed E-state index contributed by atoms with van der Waals surface area (Å²) in [5.41, 5.74) is 3.68. The zero-order valence-corrected chi connectivity index (χ0v) is 15.4. The third-order valence-corrected chi connectivity index (χ3v) is 4.69. The molecule has 1 N–H and O–H groups in total. The van der Waals surface area contributed by atoms with Crippen LogP contribution in [0.4, 0.5) is 5.69 Å². The van der Waals surface area contributed by atoms with Crippen molar-refractivity contribution in [3.8, 4) is 5.75 Å². The van der Waals surface area contributed by atoms with Gasteiger partial charge in [-0.1, -0.05) is 6.07 Å². The van der Waals surface area contributed by atoms with Crippen molar-refractivity contribution in [1.29, 1.82) is 0 Å². The van der Waals surface area contributed by atoms with E-state index in [1.165, 1.54) is 0 Å². The van der Waals surface area contributed by atoms with Crippen LogP contribution in [0.25, 0.3) is 0 Å². The van der Waals surface area contributed by atoms with E-state index in [4.69, 9.17) is 4.74 Å². The number of anilines is 1. The lowest BCUT2D eigenvalue weighted by Crippen LogP contribution is -2.37. The minimum Gasteiger partial charge on any atom is -0.494 e. The van der Waals surface area contributed by atoms with Gasteiger partial charge in [0.2, 0.25) is 5.91 Å². The minimum absolute atomic E-state index is 0.0135. The summed E-state index contributed by atoms with van der Waals surface area (Å²) in [6.45, 7) is 7.01. The highest BCUT2D eigenvalue weighted by molar-refractivity contribution is 5.99. The SMILES string of the molecule is CCOc1ccc(N2C[C@H](NC(=O)c3ccc(C)c(C)c3)CC2=O)cc1. The van der Waals surface area contributed by atoms with Crippen molar-refractivity contribution >= 4 is 17.5 Å². The first-order chi connectivity index (χ1) is 12.5. The normalized spacial score (nSPS) is 16.7. The van der Waals surface area contributed by atoms with E-state index in [9.17, 15) is 9.59 Å². The molecule has 0 aliphatic carbocycles. The van der Waals surface area contributed by atoms with Crippen molar-refractivity contribution in [2.75, 3.05) is 18.1 Å². The number of aryl methyl sites for hydroxylation is 2. The number of hydrogen-bond acceptors (Lipinski definition) is 3. The van der Waals surface area contributed by atoms with Gasteiger partial charge in [-0.2, -0.15) is 0 Å². The van der Waals surface area contributed by atoms with Crippen LogP contribution in [0.15, 0.2) is 42.5 Å². The molecule has 1 fully saturated rings. The van der Waals surface area contributed by atoms with Crippen LogP contribution in [0.2, 0.25) is 0 Å². The van der Waals surface area contributed by atoms with Gasteiger partial charge >= 0.3 is 0 Å². The summed E-state index contributed by atoms with van der Waals surface area (Å²) in [4.78, 5) is 26.5. The lowest BCUT2D eigenvalue weighted by Gasteiger charge is -2.18. The van der Waals surface area contributed by atoms with Gasteiger partial charge in [-0.25, -0.2) is 0 Å². The molecule has 0 aromatic heterocycles. The fraction of sp³-hybridized carbons (Fsp3) is 0.333. The number of nitrogens with one attached hydrogen (secondary N) is 1. The fourth-order valence-electron chi connectivity index (χ4n) is 3.09. The number of nitrogens with zero attached hydrogens (tertiary/aromatic N) is 1. The minimum atomic E-state index is -0.192. The number of ether oxygens (including phenoxy) is 1. The Balaban J connectivity index is 1.65. The Hall–Kier alpha value is -2.82. The van der Waals surface area contributed by atoms with Gasteiger partial charge in [-0.05, 0) is 68.3 Å². The molecule has 3 rings (SSSR count). The summed E-state index contributed by atoms with van der Waals surface area (Å²) < 4.78 is 5.43. The Kier molecular flexibility index (Phi) is 5.26. The number of carbonyl (C=O) groups excluding carboxylic acids is 2. The monoisotopic (exact) mass is 352 g/mol. The van der Waals surface area contributed by atoms with Crippen molar-refractivity contribution in [3.05, 3.63) is 59.2 Å². The second-order valence-electron chi connectivity index (χ2n) is 6.60. The molecule has 26 heavy (non-hydrogen) atoms. The molecule has 1 atom stereocenters. The first-order valence-corrected chi connectivity index (χ1v) is 8.89. The molecule has 2 aromatic carbocycles. The Morgan fingerprint density at radius 2 is 1.88 bits per heavy atom. The lowest BCUT2D eigenvalue weighted by molar-refractivity contribution is -0.117. The Morgan fingerprint density at radius 3 is 2.54 bits per heavy atom. The van der Waals surface area contributed by atoms with Crippen LogP contribution in [0.5, 0.6) is 5.75 Å². The van der Waals surface area contributed by atoms with Gasteiger partial charge in [0.05, 0.1) is 12.6 Å². The van der Waals surface area contributed by atoms with E-state index >= 15 is 0 Å². The third kappa shape index (κ3) is 3.87. The van der Waals surface area contributed by atoms with Crippen LogP contribution >= 0.6 is 0 Å². The van der Waals surface area contributed by atoms with E-state index in [2.05, 4.69) is 5.32 Å². The van der Waals surface area contributed by atoms with Crippen LogP contribution < -0.4 is 15.0 Å². The van der Waals surface area contributed by atoms with E-state index in [1.54, 1.807) is 4.90 Å². The van der Waals surface area contributed by atoms with Crippen LogP contribution in [0.1, 0.15) is 34.8 Å². The van der Waals surface area contributed by atoms with Gasteiger partial charge in [0.15, 0.2) is 0 Å². The average Bonchev–Trinajstić information content (AvgIpc) is 2.98. The van der Waals surface area contributed by atoms with E-state index in [0.717, 1.165) is 22.6 Å². The van der Waals surface area contributed by atoms with Crippen molar-refractivity contribution in [3.63, 3.8) is 0 Å². The number of carbonyl (C=O) groups is 2. The Labute approximate surface area is 154 Å². The maximum Gasteiger partial charge on any atom is 0.251 e. The number of benzene rings is 2. The summed E-state index contributed by atoms with van der Waals surface area (Å²) in [6, 6.07) is 12.9. The predicted molar refractivity (Wildman–Crippen MR) is 102 cm³/mol. The summed E-state index contributed by atoms with van der Waals surface area (Å²) in [7, 11) is 0. The molecule has 0 radical (unpaired) electrons. The molecule has 1 aliphatic heterocycles. The van der Waals surface area contributed by atoms with Gasteiger partial charge in [0, 0.05) is 24.2 Å². The maximum absolute atomic E-state index is 12.5. The fourth-order valence-corrected chi connectivity index (χ4v) is 3.09. The van der Waals surface area contributed by atoms with E-state index in [-0.39, 0.29) is 17.9 Å². The average molecular weight is 352 g/mol. The Bertz CT molecular complexity index is 815. The summed E-state index contributed by atoms with van der Waals surface area (Å²) in [5, 5.41) is 2.98. The molecule has 136 valence electrons. The van der Waals surface area contributed by atoms with Crippen molar-refractivity contribution in [1.82, 2.24) is 5.32 Å². The Morgan fingerprint density at radius 1 is 1.15 bits per heavy atom. The molecular formula is C21H24N2O3.